The van der Waals surface area contributed by atoms with Crippen LogP contribution in [-0.2, 0) is 6.54 Å². The summed E-state index contributed by atoms with van der Waals surface area (Å²) in [5.41, 5.74) is 7.61. The van der Waals surface area contributed by atoms with Crippen LogP contribution in [0.25, 0.3) is 0 Å². The summed E-state index contributed by atoms with van der Waals surface area (Å²) < 4.78 is 5.07. The second-order valence-electron chi connectivity index (χ2n) is 3.79. The highest BCUT2D eigenvalue weighted by atomic mass is 16.5. The van der Waals surface area contributed by atoms with E-state index in [9.17, 15) is 0 Å². The van der Waals surface area contributed by atoms with Gasteiger partial charge in [-0.15, -0.1) is 0 Å². The molecule has 0 aliphatic carbocycles. The molecule has 0 aromatic carbocycles. The van der Waals surface area contributed by atoms with Gasteiger partial charge < -0.3 is 15.8 Å². The molecule has 0 bridgehead atoms. The summed E-state index contributed by atoms with van der Waals surface area (Å²) in [7, 11) is 1.59. The summed E-state index contributed by atoms with van der Waals surface area (Å²) in [5, 5.41) is 3.21. The van der Waals surface area contributed by atoms with Gasteiger partial charge in [-0.1, -0.05) is 0 Å². The fraction of sp³-hybridized carbons (Fsp3) is 0.250. The zero-order valence-corrected chi connectivity index (χ0v) is 10.3. The molecule has 0 saturated carbocycles. The van der Waals surface area contributed by atoms with Crippen molar-refractivity contribution in [2.45, 2.75) is 13.5 Å². The average Bonchev–Trinajstić information content (AvgIpc) is 2.41. The van der Waals surface area contributed by atoms with Gasteiger partial charge in [0.15, 0.2) is 0 Å². The van der Waals surface area contributed by atoms with Crippen molar-refractivity contribution in [1.29, 1.82) is 0 Å². The van der Waals surface area contributed by atoms with Crippen LogP contribution in [0.5, 0.6) is 5.88 Å². The minimum Gasteiger partial charge on any atom is -0.481 e. The molecule has 0 atom stereocenters. The number of hydrogen-bond donors (Lipinski definition) is 2. The van der Waals surface area contributed by atoms with Crippen molar-refractivity contribution in [3.63, 3.8) is 0 Å². The van der Waals surface area contributed by atoms with Crippen LogP contribution in [0.4, 0.5) is 11.6 Å². The Balaban J connectivity index is 2.09. The van der Waals surface area contributed by atoms with E-state index in [0.29, 0.717) is 18.2 Å². The van der Waals surface area contributed by atoms with E-state index in [4.69, 9.17) is 10.5 Å². The highest BCUT2D eigenvalue weighted by Crippen LogP contribution is 2.16. The van der Waals surface area contributed by atoms with E-state index >= 15 is 0 Å². The standard InChI is InChI=1S/C12H15N5O/c1-8-11(13)16-7-17-12(8)15-6-9-3-4-14-10(5-9)18-2/h3-5,7H,6H2,1-2H3,(H3,13,15,16,17). The maximum Gasteiger partial charge on any atom is 0.213 e. The normalized spacial score (nSPS) is 10.1. The lowest BCUT2D eigenvalue weighted by molar-refractivity contribution is 0.397. The molecule has 0 amide bonds. The van der Waals surface area contributed by atoms with Crippen molar-refractivity contribution in [1.82, 2.24) is 15.0 Å². The smallest absolute Gasteiger partial charge is 0.213 e. The summed E-state index contributed by atoms with van der Waals surface area (Å²) >= 11 is 0. The third-order valence-electron chi connectivity index (χ3n) is 2.59. The van der Waals surface area contributed by atoms with Gasteiger partial charge in [-0.3, -0.25) is 0 Å². The van der Waals surface area contributed by atoms with Crippen molar-refractivity contribution in [2.75, 3.05) is 18.2 Å². The molecule has 2 rings (SSSR count). The molecule has 0 fully saturated rings. The lowest BCUT2D eigenvalue weighted by atomic mass is 10.2. The number of nitrogens with two attached hydrogens (primary N) is 1. The topological polar surface area (TPSA) is 86.0 Å². The molecule has 0 saturated heterocycles. The lowest BCUT2D eigenvalue weighted by Gasteiger charge is -2.09. The fourth-order valence-electron chi connectivity index (χ4n) is 1.50. The number of ether oxygens (including phenoxy) is 1. The second-order valence-corrected chi connectivity index (χ2v) is 3.79. The Morgan fingerprint density at radius 2 is 2.17 bits per heavy atom. The number of rotatable bonds is 4. The minimum atomic E-state index is 0.486. The molecule has 94 valence electrons. The number of nitrogen functional groups attached to an aromatic ring is 1. The van der Waals surface area contributed by atoms with Gasteiger partial charge in [-0.2, -0.15) is 0 Å². The van der Waals surface area contributed by atoms with Crippen LogP contribution < -0.4 is 15.8 Å². The first-order valence-corrected chi connectivity index (χ1v) is 5.50. The molecule has 6 nitrogen and oxygen atoms in total. The predicted octanol–water partition coefficient (Wildman–Crippen LogP) is 1.38. The van der Waals surface area contributed by atoms with E-state index in [1.807, 2.05) is 19.1 Å². The molecule has 2 aromatic heterocycles. The van der Waals surface area contributed by atoms with Crippen molar-refractivity contribution in [2.24, 2.45) is 0 Å². The summed E-state index contributed by atoms with van der Waals surface area (Å²) in [4.78, 5) is 12.1. The predicted molar refractivity (Wildman–Crippen MR) is 69.3 cm³/mol. The molecule has 0 spiro atoms. The summed E-state index contributed by atoms with van der Waals surface area (Å²) in [6.45, 7) is 2.50. The monoisotopic (exact) mass is 245 g/mol. The quantitative estimate of drug-likeness (QED) is 0.846. The van der Waals surface area contributed by atoms with Crippen LogP contribution in [0, 0.1) is 6.92 Å². The Hall–Kier alpha value is -2.37. The first-order valence-electron chi connectivity index (χ1n) is 5.50. The van der Waals surface area contributed by atoms with E-state index in [1.54, 1.807) is 13.3 Å². The SMILES string of the molecule is COc1cc(CNc2ncnc(N)c2C)ccn1. The van der Waals surface area contributed by atoms with Gasteiger partial charge in [0.1, 0.15) is 18.0 Å². The number of methoxy groups -OCH3 is 1. The van der Waals surface area contributed by atoms with Gasteiger partial charge in [-0.05, 0) is 18.6 Å². The van der Waals surface area contributed by atoms with Crippen molar-refractivity contribution in [3.05, 3.63) is 35.8 Å². The van der Waals surface area contributed by atoms with Gasteiger partial charge in [0.05, 0.1) is 7.11 Å². The molecular formula is C12H15N5O. The van der Waals surface area contributed by atoms with E-state index in [-0.39, 0.29) is 0 Å². The van der Waals surface area contributed by atoms with Crippen molar-refractivity contribution < 1.29 is 4.74 Å². The Morgan fingerprint density at radius 1 is 1.33 bits per heavy atom. The Kier molecular flexibility index (Phi) is 3.57. The lowest BCUT2D eigenvalue weighted by Crippen LogP contribution is -2.06. The molecular weight excluding hydrogens is 230 g/mol. The van der Waals surface area contributed by atoms with Gasteiger partial charge in [-0.25, -0.2) is 15.0 Å². The first kappa shape index (κ1) is 12.1. The van der Waals surface area contributed by atoms with Gasteiger partial charge in [0, 0.05) is 24.4 Å². The number of nitrogens with zero attached hydrogens (tertiary/aromatic N) is 3. The van der Waals surface area contributed by atoms with Crippen LogP contribution in [0.3, 0.4) is 0 Å². The number of nitrogens with one attached hydrogen (secondary N) is 1. The highest BCUT2D eigenvalue weighted by Gasteiger charge is 2.04. The van der Waals surface area contributed by atoms with E-state index in [2.05, 4.69) is 20.3 Å². The molecule has 3 N–H and O–H groups in total. The Morgan fingerprint density at radius 3 is 2.94 bits per heavy atom. The third-order valence-corrected chi connectivity index (χ3v) is 2.59. The first-order chi connectivity index (χ1) is 8.70. The molecule has 2 heterocycles. The maximum absolute atomic E-state index is 5.71. The average molecular weight is 245 g/mol. The van der Waals surface area contributed by atoms with Crippen LogP contribution in [0.2, 0.25) is 0 Å². The molecule has 2 aromatic rings. The number of aromatic nitrogens is 3. The Labute approximate surface area is 105 Å². The van der Waals surface area contributed by atoms with E-state index in [1.165, 1.54) is 6.33 Å². The fourth-order valence-corrected chi connectivity index (χ4v) is 1.50. The van der Waals surface area contributed by atoms with Gasteiger partial charge in [0.25, 0.3) is 0 Å². The number of hydrogen-bond acceptors (Lipinski definition) is 6. The van der Waals surface area contributed by atoms with Gasteiger partial charge in [0.2, 0.25) is 5.88 Å². The van der Waals surface area contributed by atoms with Crippen LogP contribution in [0.15, 0.2) is 24.7 Å². The number of pyridine rings is 1. The molecule has 0 radical (unpaired) electrons. The molecule has 18 heavy (non-hydrogen) atoms. The summed E-state index contributed by atoms with van der Waals surface area (Å²) in [5.74, 6) is 1.81. The van der Waals surface area contributed by atoms with Crippen LogP contribution in [0.1, 0.15) is 11.1 Å². The van der Waals surface area contributed by atoms with E-state index < -0.39 is 0 Å². The Bertz CT molecular complexity index is 544. The summed E-state index contributed by atoms with van der Waals surface area (Å²) in [6.07, 6.45) is 3.15. The second kappa shape index (κ2) is 5.31. The third kappa shape index (κ3) is 2.65. The molecule has 6 heteroatoms. The summed E-state index contributed by atoms with van der Waals surface area (Å²) in [6, 6.07) is 3.78. The van der Waals surface area contributed by atoms with Crippen molar-refractivity contribution in [3.8, 4) is 5.88 Å². The van der Waals surface area contributed by atoms with Gasteiger partial charge >= 0.3 is 0 Å². The molecule has 0 unspecified atom stereocenters. The molecule has 0 aliphatic heterocycles. The largest absolute Gasteiger partial charge is 0.481 e. The molecule has 0 aliphatic rings. The maximum atomic E-state index is 5.71. The number of anilines is 2. The zero-order valence-electron chi connectivity index (χ0n) is 10.3. The van der Waals surface area contributed by atoms with Crippen LogP contribution in [-0.4, -0.2) is 22.1 Å². The van der Waals surface area contributed by atoms with E-state index in [0.717, 1.165) is 16.9 Å². The minimum absolute atomic E-state index is 0.486. The van der Waals surface area contributed by atoms with Crippen LogP contribution >= 0.6 is 0 Å². The highest BCUT2D eigenvalue weighted by molar-refractivity contribution is 5.53. The zero-order chi connectivity index (χ0) is 13.0. The van der Waals surface area contributed by atoms with Crippen molar-refractivity contribution >= 4 is 11.6 Å².